The van der Waals surface area contributed by atoms with Crippen LogP contribution < -0.4 is 24.4 Å². The van der Waals surface area contributed by atoms with Crippen molar-refractivity contribution in [1.82, 2.24) is 4.57 Å². The number of esters is 1. The van der Waals surface area contributed by atoms with Crippen LogP contribution in [0.2, 0.25) is 5.02 Å². The summed E-state index contributed by atoms with van der Waals surface area (Å²) in [6, 6.07) is 21.2. The van der Waals surface area contributed by atoms with Crippen molar-refractivity contribution in [2.75, 3.05) is 19.8 Å². The van der Waals surface area contributed by atoms with Crippen LogP contribution in [0.25, 0.3) is 11.8 Å². The largest absolute Gasteiger partial charge is 0.490 e. The molecule has 0 bridgehead atoms. The zero-order valence-electron chi connectivity index (χ0n) is 23.2. The van der Waals surface area contributed by atoms with Crippen LogP contribution in [0.3, 0.4) is 0 Å². The lowest BCUT2D eigenvalue weighted by Crippen LogP contribution is -2.40. The van der Waals surface area contributed by atoms with Gasteiger partial charge in [0.15, 0.2) is 16.3 Å². The number of carbonyl (C=O) groups excluding carboxylic acids is 1. The second-order valence-electron chi connectivity index (χ2n) is 9.22. The zero-order valence-corrected chi connectivity index (χ0v) is 24.8. The number of fused-ring (bicyclic) bond motifs is 1. The first kappa shape index (κ1) is 29.1. The lowest BCUT2D eigenvalue weighted by atomic mass is 9.93. The minimum Gasteiger partial charge on any atom is -0.490 e. The second kappa shape index (κ2) is 13.1. The predicted molar refractivity (Wildman–Crippen MR) is 166 cm³/mol. The number of nitrogens with zero attached hydrogens (tertiary/aromatic N) is 2. The normalized spacial score (nSPS) is 14.6. The van der Waals surface area contributed by atoms with Crippen molar-refractivity contribution in [1.29, 1.82) is 0 Å². The molecule has 0 saturated carbocycles. The molecule has 42 heavy (non-hydrogen) atoms. The van der Waals surface area contributed by atoms with Gasteiger partial charge in [0.05, 0.1) is 35.1 Å². The Balaban J connectivity index is 1.74. The van der Waals surface area contributed by atoms with Crippen LogP contribution in [-0.4, -0.2) is 30.4 Å². The van der Waals surface area contributed by atoms with E-state index < -0.39 is 12.0 Å². The molecule has 1 aromatic heterocycles. The van der Waals surface area contributed by atoms with E-state index in [1.165, 1.54) is 11.3 Å². The predicted octanol–water partition coefficient (Wildman–Crippen LogP) is 5.55. The number of ether oxygens (including phenoxy) is 3. The smallest absolute Gasteiger partial charge is 0.338 e. The van der Waals surface area contributed by atoms with Gasteiger partial charge in [0.25, 0.3) is 5.56 Å². The minimum atomic E-state index is -0.774. The van der Waals surface area contributed by atoms with E-state index in [0.29, 0.717) is 50.3 Å². The fraction of sp³-hybridized carbons (Fsp3) is 0.182. The van der Waals surface area contributed by atoms with E-state index in [2.05, 4.69) is 6.58 Å². The molecule has 0 amide bonds. The number of hydrogen-bond donors (Lipinski definition) is 0. The van der Waals surface area contributed by atoms with Crippen LogP contribution in [0, 0.1) is 0 Å². The van der Waals surface area contributed by atoms with Gasteiger partial charge in [-0.2, -0.15) is 0 Å². The first-order chi connectivity index (χ1) is 20.4. The number of carbonyl (C=O) groups is 1. The Bertz CT molecular complexity index is 1820. The molecule has 0 fully saturated rings. The highest BCUT2D eigenvalue weighted by molar-refractivity contribution is 7.07. The maximum Gasteiger partial charge on any atom is 0.338 e. The summed E-state index contributed by atoms with van der Waals surface area (Å²) in [5, 5.41) is 0.543. The molecular formula is C33H29ClN2O5S. The van der Waals surface area contributed by atoms with Crippen molar-refractivity contribution in [3.63, 3.8) is 0 Å². The third kappa shape index (κ3) is 5.95. The van der Waals surface area contributed by atoms with Gasteiger partial charge < -0.3 is 14.2 Å². The monoisotopic (exact) mass is 600 g/mol. The molecule has 1 atom stereocenters. The maximum atomic E-state index is 14.1. The molecule has 0 unspecified atom stereocenters. The highest BCUT2D eigenvalue weighted by atomic mass is 35.5. The van der Waals surface area contributed by atoms with Crippen molar-refractivity contribution in [3.8, 4) is 11.5 Å². The summed E-state index contributed by atoms with van der Waals surface area (Å²) < 4.78 is 19.0. The summed E-state index contributed by atoms with van der Waals surface area (Å²) in [6.45, 7) is 8.31. The van der Waals surface area contributed by atoms with Crippen molar-refractivity contribution in [3.05, 3.63) is 132 Å². The van der Waals surface area contributed by atoms with Gasteiger partial charge in [0.2, 0.25) is 0 Å². The van der Waals surface area contributed by atoms with E-state index in [1.54, 1.807) is 41.8 Å². The lowest BCUT2D eigenvalue weighted by molar-refractivity contribution is -0.138. The number of benzene rings is 3. The third-order valence-electron chi connectivity index (χ3n) is 6.48. The Morgan fingerprint density at radius 1 is 1.02 bits per heavy atom. The van der Waals surface area contributed by atoms with E-state index in [9.17, 15) is 9.59 Å². The van der Waals surface area contributed by atoms with Crippen molar-refractivity contribution >= 4 is 40.7 Å². The maximum absolute atomic E-state index is 14.1. The summed E-state index contributed by atoms with van der Waals surface area (Å²) in [4.78, 5) is 32.9. The Kier molecular flexibility index (Phi) is 9.05. The van der Waals surface area contributed by atoms with Gasteiger partial charge in [-0.3, -0.25) is 9.36 Å². The van der Waals surface area contributed by atoms with Crippen molar-refractivity contribution in [2.24, 2.45) is 4.99 Å². The zero-order chi connectivity index (χ0) is 29.6. The summed E-state index contributed by atoms with van der Waals surface area (Å²) in [7, 11) is 0. The molecule has 0 spiro atoms. The van der Waals surface area contributed by atoms with Crippen LogP contribution in [0.15, 0.2) is 101 Å². The van der Waals surface area contributed by atoms with Crippen LogP contribution in [0.5, 0.6) is 11.5 Å². The number of rotatable bonds is 10. The Morgan fingerprint density at radius 3 is 2.48 bits per heavy atom. The molecule has 0 N–H and O–H groups in total. The molecule has 0 aliphatic carbocycles. The Labute approximate surface area is 252 Å². The molecule has 3 aromatic carbocycles. The van der Waals surface area contributed by atoms with Crippen molar-refractivity contribution < 1.29 is 19.0 Å². The van der Waals surface area contributed by atoms with Crippen molar-refractivity contribution in [2.45, 2.75) is 19.9 Å². The average Bonchev–Trinajstić information content (AvgIpc) is 3.31. The quantitative estimate of drug-likeness (QED) is 0.176. The minimum absolute atomic E-state index is 0.177. The summed E-state index contributed by atoms with van der Waals surface area (Å²) in [6.07, 6.45) is 3.45. The molecule has 9 heteroatoms. The molecule has 1 aliphatic rings. The fourth-order valence-electron chi connectivity index (χ4n) is 4.70. The molecule has 2 heterocycles. The summed E-state index contributed by atoms with van der Waals surface area (Å²) in [5.41, 5.74) is 2.67. The van der Waals surface area contributed by atoms with Gasteiger partial charge in [-0.1, -0.05) is 84.1 Å². The van der Waals surface area contributed by atoms with E-state index in [4.69, 9.17) is 30.8 Å². The number of aromatic nitrogens is 1. The Morgan fingerprint density at radius 2 is 1.79 bits per heavy atom. The first-order valence-electron chi connectivity index (χ1n) is 13.5. The van der Waals surface area contributed by atoms with Gasteiger partial charge in [0, 0.05) is 10.6 Å². The van der Waals surface area contributed by atoms with Crippen LogP contribution in [0.4, 0.5) is 0 Å². The Hall–Kier alpha value is -4.40. The van der Waals surface area contributed by atoms with E-state index in [1.807, 2.05) is 61.5 Å². The highest BCUT2D eigenvalue weighted by Gasteiger charge is 2.35. The SMILES string of the molecule is C=CCOc1ccc(/C=c2\sc3n(c2=O)[C@@H](c2ccc(Cl)cc2)C(C(=O)OCC)=C(c2ccccc2)N=3)cc1OCC. The topological polar surface area (TPSA) is 79.1 Å². The lowest BCUT2D eigenvalue weighted by Gasteiger charge is -2.25. The van der Waals surface area contributed by atoms with Gasteiger partial charge in [-0.15, -0.1) is 0 Å². The van der Waals surface area contributed by atoms with Gasteiger partial charge in [0.1, 0.15) is 6.61 Å². The molecule has 214 valence electrons. The standard InChI is InChI=1S/C33H29ClN2O5S/c1-4-18-41-25-17-12-21(19-26(25)39-5-2)20-27-31(37)36-30(23-13-15-24(34)16-14-23)28(32(38)40-6-3)29(35-33(36)42-27)22-10-8-7-9-11-22/h4,7-17,19-20,30H,1,5-6,18H2,2-3H3/b27-20-/t30-/m0/s1. The summed E-state index contributed by atoms with van der Waals surface area (Å²) in [5.74, 6) is 0.617. The molecule has 7 nitrogen and oxygen atoms in total. The summed E-state index contributed by atoms with van der Waals surface area (Å²) >= 11 is 7.46. The molecule has 1 aliphatic heterocycles. The second-order valence-corrected chi connectivity index (χ2v) is 10.7. The third-order valence-corrected chi connectivity index (χ3v) is 7.72. The fourth-order valence-corrected chi connectivity index (χ4v) is 5.83. The molecule has 5 rings (SSSR count). The van der Waals surface area contributed by atoms with Crippen LogP contribution in [0.1, 0.15) is 36.6 Å². The number of halogens is 1. The van der Waals surface area contributed by atoms with Gasteiger partial charge in [-0.05, 0) is 55.3 Å². The molecular weight excluding hydrogens is 572 g/mol. The molecule has 0 saturated heterocycles. The highest BCUT2D eigenvalue weighted by Crippen LogP contribution is 2.35. The van der Waals surface area contributed by atoms with Gasteiger partial charge in [-0.25, -0.2) is 9.79 Å². The van der Waals surface area contributed by atoms with E-state index in [0.717, 1.165) is 11.1 Å². The number of thiazole rings is 1. The number of hydrogen-bond acceptors (Lipinski definition) is 7. The molecule has 0 radical (unpaired) electrons. The van der Waals surface area contributed by atoms with E-state index in [-0.39, 0.29) is 17.7 Å². The van der Waals surface area contributed by atoms with Crippen LogP contribution in [-0.2, 0) is 9.53 Å². The average molecular weight is 601 g/mol. The first-order valence-corrected chi connectivity index (χ1v) is 14.7. The van der Waals surface area contributed by atoms with Gasteiger partial charge >= 0.3 is 5.97 Å². The van der Waals surface area contributed by atoms with E-state index >= 15 is 0 Å². The molecule has 4 aromatic rings. The van der Waals surface area contributed by atoms with Crippen LogP contribution >= 0.6 is 22.9 Å².